The molecule has 3 aromatic carbocycles. The summed E-state index contributed by atoms with van der Waals surface area (Å²) >= 11 is 6.25. The number of amides is 1. The Morgan fingerprint density at radius 3 is 2.23 bits per heavy atom. The van der Waals surface area contributed by atoms with E-state index < -0.39 is 22.2 Å². The highest BCUT2D eigenvalue weighted by atomic mass is 35.5. The summed E-state index contributed by atoms with van der Waals surface area (Å²) < 4.78 is 59.5. The molecule has 14 heteroatoms. The highest BCUT2D eigenvalue weighted by molar-refractivity contribution is 7.89. The number of carboxylic acids is 1. The summed E-state index contributed by atoms with van der Waals surface area (Å²) in [4.78, 5) is 27.9. The number of carbonyl (C=O) groups is 2. The molecular weight excluding hydrogens is 609 g/mol. The van der Waals surface area contributed by atoms with Gasteiger partial charge in [-0.05, 0) is 30.5 Å². The number of alkyl halides is 3. The maximum Gasteiger partial charge on any atom is 0.490 e. The molecule has 0 bridgehead atoms. The Kier molecular flexibility index (Phi) is 11.5. The number of nitrogens with one attached hydrogen (secondary N) is 1. The standard InChI is InChI=1S/C27H31ClN4O3S.C2HF3O2/c1-31(19-15-20-11-13-21(14-12-20)27-29-16-17-30-27)26(33)10-5-18-32(2)36(34,35)25-9-4-6-22-23(25)7-3-8-24(22)28;3-2(4,5)1(6)7/h3-4,6-9,11-14H,5,10,15-19H2,1-2H3,(H,29,30);(H,6,7). The predicted molar refractivity (Wildman–Crippen MR) is 159 cm³/mol. The van der Waals surface area contributed by atoms with Gasteiger partial charge < -0.3 is 15.3 Å². The second-order valence-corrected chi connectivity index (χ2v) is 12.2. The second-order valence-electron chi connectivity index (χ2n) is 9.74. The lowest BCUT2D eigenvalue weighted by Crippen LogP contribution is -2.31. The van der Waals surface area contributed by atoms with Crippen molar-refractivity contribution in [2.24, 2.45) is 4.99 Å². The molecule has 0 spiro atoms. The summed E-state index contributed by atoms with van der Waals surface area (Å²) in [5.41, 5.74) is 2.23. The fourth-order valence-corrected chi connectivity index (χ4v) is 5.89. The summed E-state index contributed by atoms with van der Waals surface area (Å²) in [6.07, 6.45) is -3.61. The number of fused-ring (bicyclic) bond motifs is 1. The second kappa shape index (κ2) is 14.7. The number of likely N-dealkylation sites (N-methyl/N-ethyl adjacent to an activating group) is 1. The molecule has 232 valence electrons. The van der Waals surface area contributed by atoms with Crippen molar-refractivity contribution in [1.82, 2.24) is 14.5 Å². The Balaban J connectivity index is 0.000000646. The molecule has 2 N–H and O–H groups in total. The van der Waals surface area contributed by atoms with Crippen LogP contribution in [0.15, 0.2) is 70.6 Å². The molecule has 4 rings (SSSR count). The molecule has 0 saturated carbocycles. The van der Waals surface area contributed by atoms with Crippen LogP contribution in [-0.4, -0.2) is 86.9 Å². The smallest absolute Gasteiger partial charge is 0.475 e. The van der Waals surface area contributed by atoms with Gasteiger partial charge in [-0.25, -0.2) is 17.5 Å². The zero-order chi connectivity index (χ0) is 31.8. The molecule has 0 aromatic heterocycles. The van der Waals surface area contributed by atoms with Crippen LogP contribution in [0, 0.1) is 0 Å². The quantitative estimate of drug-likeness (QED) is 0.335. The van der Waals surface area contributed by atoms with Crippen LogP contribution in [0.4, 0.5) is 13.2 Å². The molecule has 1 heterocycles. The minimum atomic E-state index is -5.08. The number of nitrogens with zero attached hydrogens (tertiary/aromatic N) is 3. The summed E-state index contributed by atoms with van der Waals surface area (Å²) in [6, 6.07) is 18.6. The van der Waals surface area contributed by atoms with Crippen molar-refractivity contribution in [3.05, 3.63) is 76.8 Å². The third-order valence-corrected chi connectivity index (χ3v) is 8.93. The van der Waals surface area contributed by atoms with Crippen LogP contribution in [0.25, 0.3) is 10.8 Å². The van der Waals surface area contributed by atoms with Gasteiger partial charge in [0, 0.05) is 61.5 Å². The lowest BCUT2D eigenvalue weighted by molar-refractivity contribution is -0.192. The van der Waals surface area contributed by atoms with E-state index in [2.05, 4.69) is 34.6 Å². The fourth-order valence-electron chi connectivity index (χ4n) is 4.24. The van der Waals surface area contributed by atoms with Crippen LogP contribution in [0.5, 0.6) is 0 Å². The van der Waals surface area contributed by atoms with Crippen molar-refractivity contribution in [1.29, 1.82) is 0 Å². The Morgan fingerprint density at radius 2 is 1.63 bits per heavy atom. The number of benzene rings is 3. The van der Waals surface area contributed by atoms with Gasteiger partial charge >= 0.3 is 12.1 Å². The van der Waals surface area contributed by atoms with Crippen LogP contribution in [0.3, 0.4) is 0 Å². The maximum absolute atomic E-state index is 13.2. The largest absolute Gasteiger partial charge is 0.490 e. The number of carbonyl (C=O) groups excluding carboxylic acids is 1. The zero-order valence-corrected chi connectivity index (χ0v) is 25.1. The van der Waals surface area contributed by atoms with Gasteiger partial charge in [0.1, 0.15) is 5.84 Å². The van der Waals surface area contributed by atoms with E-state index in [0.717, 1.165) is 36.5 Å². The third-order valence-electron chi connectivity index (χ3n) is 6.69. The first-order valence-electron chi connectivity index (χ1n) is 13.3. The van der Waals surface area contributed by atoms with Crippen molar-refractivity contribution in [2.45, 2.75) is 30.3 Å². The Bertz CT molecular complexity index is 1580. The van der Waals surface area contributed by atoms with E-state index in [4.69, 9.17) is 21.5 Å². The van der Waals surface area contributed by atoms with E-state index in [1.807, 2.05) is 0 Å². The van der Waals surface area contributed by atoms with Crippen molar-refractivity contribution < 1.29 is 36.3 Å². The van der Waals surface area contributed by atoms with E-state index in [-0.39, 0.29) is 23.8 Å². The van der Waals surface area contributed by atoms with Crippen molar-refractivity contribution in [2.75, 3.05) is 40.3 Å². The first-order chi connectivity index (χ1) is 20.2. The van der Waals surface area contributed by atoms with Gasteiger partial charge in [0.05, 0.1) is 11.4 Å². The van der Waals surface area contributed by atoms with Crippen LogP contribution in [0.1, 0.15) is 24.0 Å². The first kappa shape index (κ1) is 33.8. The van der Waals surface area contributed by atoms with Crippen molar-refractivity contribution >= 4 is 50.1 Å². The molecule has 0 unspecified atom stereocenters. The molecule has 0 radical (unpaired) electrons. The van der Waals surface area contributed by atoms with E-state index in [1.165, 1.54) is 4.31 Å². The molecule has 43 heavy (non-hydrogen) atoms. The van der Waals surface area contributed by atoms with Crippen LogP contribution >= 0.6 is 11.6 Å². The van der Waals surface area contributed by atoms with Gasteiger partial charge in [0.15, 0.2) is 0 Å². The molecule has 0 aliphatic carbocycles. The molecule has 3 aromatic rings. The average Bonchev–Trinajstić information content (AvgIpc) is 3.51. The number of halogens is 4. The number of aliphatic imine (C=N–C) groups is 1. The van der Waals surface area contributed by atoms with Gasteiger partial charge in [0.25, 0.3) is 0 Å². The monoisotopic (exact) mass is 640 g/mol. The molecule has 0 saturated heterocycles. The topological polar surface area (TPSA) is 119 Å². The van der Waals surface area contributed by atoms with Crippen LogP contribution < -0.4 is 5.32 Å². The minimum absolute atomic E-state index is 0.00104. The summed E-state index contributed by atoms with van der Waals surface area (Å²) in [5, 5.41) is 12.2. The molecule has 9 nitrogen and oxygen atoms in total. The van der Waals surface area contributed by atoms with Crippen molar-refractivity contribution in [3.8, 4) is 0 Å². The number of amidine groups is 1. The van der Waals surface area contributed by atoms with Gasteiger partial charge in [0.2, 0.25) is 15.9 Å². The third kappa shape index (κ3) is 9.15. The maximum atomic E-state index is 13.2. The first-order valence-corrected chi connectivity index (χ1v) is 15.1. The van der Waals surface area contributed by atoms with Gasteiger partial charge in [-0.1, -0.05) is 60.1 Å². The van der Waals surface area contributed by atoms with E-state index in [1.54, 1.807) is 55.4 Å². The number of carboxylic acid groups (broad SMARTS) is 1. The molecular formula is C29H32ClF3N4O5S. The van der Waals surface area contributed by atoms with Gasteiger partial charge in [-0.15, -0.1) is 0 Å². The van der Waals surface area contributed by atoms with E-state index in [0.29, 0.717) is 28.8 Å². The zero-order valence-electron chi connectivity index (χ0n) is 23.6. The molecule has 1 amide bonds. The summed E-state index contributed by atoms with van der Waals surface area (Å²) in [6.45, 7) is 2.54. The molecule has 0 atom stereocenters. The molecule has 1 aliphatic rings. The van der Waals surface area contributed by atoms with E-state index >= 15 is 0 Å². The minimum Gasteiger partial charge on any atom is -0.475 e. The van der Waals surface area contributed by atoms with E-state index in [9.17, 15) is 26.4 Å². The van der Waals surface area contributed by atoms with Gasteiger partial charge in [-0.2, -0.15) is 13.2 Å². The summed E-state index contributed by atoms with van der Waals surface area (Å²) in [7, 11) is -0.389. The Labute approximate surface area is 253 Å². The normalized spacial score (nSPS) is 13.2. The lowest BCUT2D eigenvalue weighted by atomic mass is 10.1. The summed E-state index contributed by atoms with van der Waals surface area (Å²) in [5.74, 6) is -1.82. The predicted octanol–water partition coefficient (Wildman–Crippen LogP) is 4.58. The number of aliphatic carboxylic acids is 1. The highest BCUT2D eigenvalue weighted by Gasteiger charge is 2.38. The molecule has 0 fully saturated rings. The van der Waals surface area contributed by atoms with Crippen LogP contribution in [0.2, 0.25) is 5.02 Å². The highest BCUT2D eigenvalue weighted by Crippen LogP contribution is 2.30. The molecule has 1 aliphatic heterocycles. The number of hydrogen-bond donors (Lipinski definition) is 2. The fraction of sp³-hybridized carbons (Fsp3) is 0.345. The number of sulfonamides is 1. The lowest BCUT2D eigenvalue weighted by Gasteiger charge is -2.20. The van der Waals surface area contributed by atoms with Crippen molar-refractivity contribution in [3.63, 3.8) is 0 Å². The Hall–Kier alpha value is -3.68. The SMILES string of the molecule is CN(CCc1ccc(C2=NCCN2)cc1)C(=O)CCCN(C)S(=O)(=O)c1cccc2c(Cl)cccc12.O=C(O)C(F)(F)F. The number of rotatable bonds is 10. The van der Waals surface area contributed by atoms with Gasteiger partial charge in [-0.3, -0.25) is 9.79 Å². The number of hydrogen-bond acceptors (Lipinski definition) is 6. The average molecular weight is 641 g/mol. The van der Waals surface area contributed by atoms with Crippen LogP contribution in [-0.2, 0) is 26.0 Å². The Morgan fingerprint density at radius 1 is 1.00 bits per heavy atom.